The van der Waals surface area contributed by atoms with E-state index in [2.05, 4.69) is 31.4 Å². The molecule has 0 spiro atoms. The average molecular weight is 734 g/mol. The highest BCUT2D eigenvalue weighted by Crippen LogP contribution is 2.19. The highest BCUT2D eigenvalue weighted by molar-refractivity contribution is 8.01. The van der Waals surface area contributed by atoms with Crippen LogP contribution in [0.5, 0.6) is 0 Å². The molecule has 0 aromatic heterocycles. The lowest BCUT2D eigenvalue weighted by molar-refractivity contribution is 0.516. The Morgan fingerprint density at radius 3 is 0.608 bits per heavy atom. The molecule has 51 heavy (non-hydrogen) atoms. The Labute approximate surface area is 331 Å². The van der Waals surface area contributed by atoms with Crippen molar-refractivity contribution in [1.82, 2.24) is 0 Å². The van der Waals surface area contributed by atoms with Crippen LogP contribution in [-0.4, -0.2) is 5.75 Å². The monoisotopic (exact) mass is 734 g/mol. The molecule has 0 heterocycles. The SMILES string of the molecule is CCCCCCCCCCCCCCCCCCCCCCCCCCC[CH]SCCCCCCCCCCCCCCCCCCCCCC. The van der Waals surface area contributed by atoms with Crippen LogP contribution in [0.15, 0.2) is 0 Å². The molecule has 0 nitrogen and oxygen atoms in total. The molecule has 1 radical (unpaired) electrons. The van der Waals surface area contributed by atoms with Gasteiger partial charge in [-0.15, -0.1) is 0 Å². The summed E-state index contributed by atoms with van der Waals surface area (Å²) in [6.45, 7) is 4.62. The summed E-state index contributed by atoms with van der Waals surface area (Å²) in [6, 6.07) is 0. The number of rotatable bonds is 48. The van der Waals surface area contributed by atoms with Crippen molar-refractivity contribution in [1.29, 1.82) is 0 Å². The second-order valence-corrected chi connectivity index (χ2v) is 18.1. The van der Waals surface area contributed by atoms with E-state index in [1.165, 1.54) is 301 Å². The van der Waals surface area contributed by atoms with Crippen LogP contribution >= 0.6 is 11.8 Å². The van der Waals surface area contributed by atoms with Gasteiger partial charge < -0.3 is 0 Å². The summed E-state index contributed by atoms with van der Waals surface area (Å²) in [6.07, 6.45) is 67.7. The fourth-order valence-corrected chi connectivity index (χ4v) is 8.84. The van der Waals surface area contributed by atoms with Crippen LogP contribution in [-0.2, 0) is 0 Å². The second-order valence-electron chi connectivity index (χ2n) is 17.0. The van der Waals surface area contributed by atoms with Crippen molar-refractivity contribution < 1.29 is 0 Å². The van der Waals surface area contributed by atoms with Crippen molar-refractivity contribution in [2.75, 3.05) is 5.75 Å². The molecule has 0 aromatic rings. The average Bonchev–Trinajstić information content (AvgIpc) is 3.14. The van der Waals surface area contributed by atoms with E-state index in [0.717, 1.165) is 0 Å². The van der Waals surface area contributed by atoms with Gasteiger partial charge in [-0.3, -0.25) is 0 Å². The van der Waals surface area contributed by atoms with Crippen molar-refractivity contribution in [3.8, 4) is 0 Å². The summed E-state index contributed by atoms with van der Waals surface area (Å²) in [7, 11) is 0. The summed E-state index contributed by atoms with van der Waals surface area (Å²) in [5.41, 5.74) is 0. The van der Waals surface area contributed by atoms with E-state index in [4.69, 9.17) is 0 Å². The largest absolute Gasteiger partial charge is 0.157 e. The number of unbranched alkanes of at least 4 members (excludes halogenated alkanes) is 44. The zero-order valence-electron chi connectivity index (χ0n) is 36.2. The van der Waals surface area contributed by atoms with Crippen LogP contribution in [0, 0.1) is 5.75 Å². The van der Waals surface area contributed by atoms with Gasteiger partial charge in [0.05, 0.1) is 0 Å². The zero-order chi connectivity index (χ0) is 36.6. The molecule has 0 amide bonds. The standard InChI is InChI=1S/C50H101S/c1-3-5-7-9-11-13-15-17-19-21-23-25-26-27-28-29-30-32-34-36-38-40-42-44-46-48-50-51-49-47-45-43-41-39-37-35-33-31-24-22-20-18-16-14-12-10-8-6-4-2/h50H,3-49H2,1-2H3. The molecule has 0 unspecified atom stereocenters. The predicted molar refractivity (Wildman–Crippen MR) is 240 cm³/mol. The van der Waals surface area contributed by atoms with E-state index >= 15 is 0 Å². The smallest absolute Gasteiger partial charge is 0.0166 e. The van der Waals surface area contributed by atoms with Crippen LogP contribution in [0.2, 0.25) is 0 Å². The van der Waals surface area contributed by atoms with E-state index in [1.807, 2.05) is 0 Å². The molecule has 0 atom stereocenters. The summed E-state index contributed by atoms with van der Waals surface area (Å²) < 4.78 is 0. The lowest BCUT2D eigenvalue weighted by atomic mass is 10.0. The van der Waals surface area contributed by atoms with Gasteiger partial charge in [0.1, 0.15) is 0 Å². The molecule has 1 heteroatoms. The van der Waals surface area contributed by atoms with Gasteiger partial charge in [0.15, 0.2) is 0 Å². The van der Waals surface area contributed by atoms with Gasteiger partial charge in [-0.05, 0) is 18.6 Å². The fourth-order valence-electron chi connectivity index (χ4n) is 7.97. The molecule has 0 fully saturated rings. The Kier molecular flexibility index (Phi) is 50.7. The van der Waals surface area contributed by atoms with Crippen LogP contribution < -0.4 is 0 Å². The van der Waals surface area contributed by atoms with Gasteiger partial charge in [0.25, 0.3) is 0 Å². The third-order valence-corrected chi connectivity index (χ3v) is 12.7. The molecule has 0 saturated heterocycles. The normalized spacial score (nSPS) is 11.6. The molecule has 0 bridgehead atoms. The van der Waals surface area contributed by atoms with Crippen molar-refractivity contribution in [2.24, 2.45) is 0 Å². The van der Waals surface area contributed by atoms with Gasteiger partial charge in [0.2, 0.25) is 0 Å². The van der Waals surface area contributed by atoms with Gasteiger partial charge >= 0.3 is 0 Å². The van der Waals surface area contributed by atoms with Gasteiger partial charge in [-0.2, -0.15) is 11.8 Å². The first kappa shape index (κ1) is 51.4. The zero-order valence-corrected chi connectivity index (χ0v) is 37.0. The number of hydrogen-bond acceptors (Lipinski definition) is 1. The minimum Gasteiger partial charge on any atom is -0.157 e. The number of hydrogen-bond donors (Lipinski definition) is 0. The summed E-state index contributed by atoms with van der Waals surface area (Å²) in [5, 5.41) is 0. The minimum absolute atomic E-state index is 1.34. The Morgan fingerprint density at radius 1 is 0.216 bits per heavy atom. The van der Waals surface area contributed by atoms with Gasteiger partial charge in [0, 0.05) is 5.75 Å². The van der Waals surface area contributed by atoms with Crippen molar-refractivity contribution in [2.45, 2.75) is 309 Å². The van der Waals surface area contributed by atoms with Crippen molar-refractivity contribution in [3.63, 3.8) is 0 Å². The first-order valence-electron chi connectivity index (χ1n) is 24.8. The Balaban J connectivity index is 3.04. The predicted octanol–water partition coefficient (Wildman–Crippen LogP) is 19.9. The molecule has 0 aromatic carbocycles. The molecule has 0 aliphatic carbocycles. The highest BCUT2D eigenvalue weighted by atomic mass is 32.2. The first-order valence-corrected chi connectivity index (χ1v) is 25.9. The van der Waals surface area contributed by atoms with Crippen LogP contribution in [0.1, 0.15) is 309 Å². The van der Waals surface area contributed by atoms with E-state index in [0.29, 0.717) is 0 Å². The quantitative estimate of drug-likeness (QED) is 0.0561. The third-order valence-electron chi connectivity index (χ3n) is 11.7. The van der Waals surface area contributed by atoms with Crippen LogP contribution in [0.4, 0.5) is 0 Å². The second kappa shape index (κ2) is 50.4. The summed E-state index contributed by atoms with van der Waals surface area (Å²) >= 11 is 2.11. The summed E-state index contributed by atoms with van der Waals surface area (Å²) in [5.74, 6) is 3.88. The molecule has 307 valence electrons. The maximum atomic E-state index is 2.52. The molecule has 0 N–H and O–H groups in total. The van der Waals surface area contributed by atoms with E-state index < -0.39 is 0 Å². The Hall–Kier alpha value is 0.350. The summed E-state index contributed by atoms with van der Waals surface area (Å²) in [4.78, 5) is 0. The van der Waals surface area contributed by atoms with Crippen LogP contribution in [0.3, 0.4) is 0 Å². The van der Waals surface area contributed by atoms with Crippen LogP contribution in [0.25, 0.3) is 0 Å². The maximum Gasteiger partial charge on any atom is 0.0166 e. The van der Waals surface area contributed by atoms with Crippen molar-refractivity contribution >= 4 is 11.8 Å². The third kappa shape index (κ3) is 50.3. The van der Waals surface area contributed by atoms with E-state index in [1.54, 1.807) is 0 Å². The highest BCUT2D eigenvalue weighted by Gasteiger charge is 1.99. The molecular formula is C50H101S. The molecule has 0 rings (SSSR count). The molecule has 0 aliphatic rings. The Bertz CT molecular complexity index is 509. The maximum absolute atomic E-state index is 2.52. The molecular weight excluding hydrogens is 633 g/mol. The van der Waals surface area contributed by atoms with Crippen molar-refractivity contribution in [3.05, 3.63) is 5.75 Å². The molecule has 0 aliphatic heterocycles. The topological polar surface area (TPSA) is 0 Å². The Morgan fingerprint density at radius 2 is 0.392 bits per heavy atom. The fraction of sp³-hybridized carbons (Fsp3) is 0.980. The minimum atomic E-state index is 1.34. The van der Waals surface area contributed by atoms with E-state index in [9.17, 15) is 0 Å². The number of thioether (sulfide) groups is 1. The van der Waals surface area contributed by atoms with E-state index in [-0.39, 0.29) is 0 Å². The lowest BCUT2D eigenvalue weighted by Gasteiger charge is -2.05. The molecule has 0 saturated carbocycles. The first-order chi connectivity index (χ1) is 25.4. The lowest BCUT2D eigenvalue weighted by Crippen LogP contribution is -1.85. The van der Waals surface area contributed by atoms with Gasteiger partial charge in [-0.1, -0.05) is 296 Å². The van der Waals surface area contributed by atoms with Gasteiger partial charge in [-0.25, -0.2) is 0 Å².